The fourth-order valence-corrected chi connectivity index (χ4v) is 1.37. The number of hydrogen-bond donors (Lipinski definition) is 3. The molecule has 0 bridgehead atoms. The zero-order valence-electron chi connectivity index (χ0n) is 8.56. The first kappa shape index (κ1) is 12.5. The molecule has 0 aliphatic carbocycles. The number of azide groups is 1. The smallest absolute Gasteiger partial charge is 0.105 e. The molecule has 2 unspecified atom stereocenters. The second kappa shape index (κ2) is 6.09. The number of benzene rings is 1. The van der Waals surface area contributed by atoms with E-state index in [1.54, 1.807) is 24.3 Å². The second-order valence-electron chi connectivity index (χ2n) is 3.27. The maximum Gasteiger partial charge on any atom is 0.105 e. The molecular weight excluding hydrogens is 210 g/mol. The van der Waals surface area contributed by atoms with E-state index in [2.05, 4.69) is 10.0 Å². The Balaban J connectivity index is 2.97. The van der Waals surface area contributed by atoms with E-state index in [-0.39, 0.29) is 18.7 Å². The molecule has 0 heterocycles. The van der Waals surface area contributed by atoms with Gasteiger partial charge in [0.25, 0.3) is 0 Å². The molecule has 6 nitrogen and oxygen atoms in total. The van der Waals surface area contributed by atoms with Crippen LogP contribution >= 0.6 is 0 Å². The summed E-state index contributed by atoms with van der Waals surface area (Å²) in [5, 5.41) is 31.4. The van der Waals surface area contributed by atoms with Crippen LogP contribution in [0.4, 0.5) is 5.69 Å². The molecule has 0 spiro atoms. The Kier molecular flexibility index (Phi) is 4.75. The molecule has 0 amide bonds. The van der Waals surface area contributed by atoms with E-state index in [1.165, 1.54) is 0 Å². The van der Waals surface area contributed by atoms with Gasteiger partial charge in [0.15, 0.2) is 0 Å². The number of hydrogen-bond acceptors (Lipinski definition) is 4. The standard InChI is InChI=1S/C10H13N3O3/c11-13-12-8-4-2-1-3-7(8)10(16)9(15)5-6-14/h1-4,9-10,14-16H,5-6H2. The monoisotopic (exact) mass is 223 g/mol. The van der Waals surface area contributed by atoms with Gasteiger partial charge in [0.05, 0.1) is 6.10 Å². The molecule has 1 aromatic rings. The minimum absolute atomic E-state index is 0.0613. The minimum Gasteiger partial charge on any atom is -0.396 e. The zero-order valence-corrected chi connectivity index (χ0v) is 8.56. The lowest BCUT2D eigenvalue weighted by Gasteiger charge is -2.18. The van der Waals surface area contributed by atoms with E-state index < -0.39 is 12.2 Å². The Hall–Kier alpha value is -1.59. The Morgan fingerprint density at radius 3 is 2.62 bits per heavy atom. The predicted molar refractivity (Wildman–Crippen MR) is 57.9 cm³/mol. The van der Waals surface area contributed by atoms with Crippen LogP contribution in [-0.4, -0.2) is 28.0 Å². The summed E-state index contributed by atoms with van der Waals surface area (Å²) >= 11 is 0. The highest BCUT2D eigenvalue weighted by Gasteiger charge is 2.19. The van der Waals surface area contributed by atoms with Crippen molar-refractivity contribution >= 4 is 5.69 Å². The van der Waals surface area contributed by atoms with Gasteiger partial charge in [0.2, 0.25) is 0 Å². The third-order valence-corrected chi connectivity index (χ3v) is 2.20. The largest absolute Gasteiger partial charge is 0.396 e. The minimum atomic E-state index is -1.17. The normalized spacial score (nSPS) is 13.9. The molecule has 3 N–H and O–H groups in total. The predicted octanol–water partition coefficient (Wildman–Crippen LogP) is 1.41. The van der Waals surface area contributed by atoms with E-state index in [9.17, 15) is 10.2 Å². The average Bonchev–Trinajstić information content (AvgIpc) is 2.29. The number of nitrogens with zero attached hydrogens (tertiary/aromatic N) is 3. The van der Waals surface area contributed by atoms with Crippen LogP contribution in [0.5, 0.6) is 0 Å². The molecule has 0 radical (unpaired) electrons. The first-order valence-corrected chi connectivity index (χ1v) is 4.81. The summed E-state index contributed by atoms with van der Waals surface area (Å²) in [6, 6.07) is 6.44. The van der Waals surface area contributed by atoms with Crippen molar-refractivity contribution in [3.05, 3.63) is 40.3 Å². The molecule has 0 fully saturated rings. The van der Waals surface area contributed by atoms with Crippen molar-refractivity contribution in [2.24, 2.45) is 5.11 Å². The van der Waals surface area contributed by atoms with Gasteiger partial charge in [-0.15, -0.1) is 0 Å². The first-order valence-electron chi connectivity index (χ1n) is 4.81. The summed E-state index contributed by atoms with van der Waals surface area (Å²) in [5.41, 5.74) is 8.96. The fraction of sp³-hybridized carbons (Fsp3) is 0.400. The number of rotatable bonds is 5. The number of aliphatic hydroxyl groups is 3. The van der Waals surface area contributed by atoms with Gasteiger partial charge in [-0.05, 0) is 17.5 Å². The zero-order chi connectivity index (χ0) is 12.0. The second-order valence-corrected chi connectivity index (χ2v) is 3.27. The van der Waals surface area contributed by atoms with Crippen LogP contribution in [0, 0.1) is 0 Å². The topological polar surface area (TPSA) is 109 Å². The van der Waals surface area contributed by atoms with Crippen molar-refractivity contribution in [3.8, 4) is 0 Å². The maximum absolute atomic E-state index is 9.78. The van der Waals surface area contributed by atoms with Crippen LogP contribution in [0.25, 0.3) is 10.4 Å². The molecule has 6 heteroatoms. The van der Waals surface area contributed by atoms with E-state index in [0.29, 0.717) is 5.56 Å². The van der Waals surface area contributed by atoms with E-state index in [4.69, 9.17) is 10.6 Å². The van der Waals surface area contributed by atoms with Crippen molar-refractivity contribution in [2.75, 3.05) is 6.61 Å². The summed E-state index contributed by atoms with van der Waals surface area (Å²) in [5.74, 6) is 0. The molecule has 86 valence electrons. The molecule has 0 aliphatic rings. The molecule has 16 heavy (non-hydrogen) atoms. The Morgan fingerprint density at radius 2 is 2.00 bits per heavy atom. The number of aliphatic hydroxyl groups excluding tert-OH is 3. The molecule has 0 aromatic heterocycles. The van der Waals surface area contributed by atoms with Crippen molar-refractivity contribution in [1.29, 1.82) is 0 Å². The lowest BCUT2D eigenvalue weighted by Crippen LogP contribution is -2.19. The molecule has 0 saturated carbocycles. The summed E-state index contributed by atoms with van der Waals surface area (Å²) in [6.45, 7) is -0.220. The molecule has 1 rings (SSSR count). The van der Waals surface area contributed by atoms with Gasteiger partial charge < -0.3 is 15.3 Å². The van der Waals surface area contributed by atoms with Crippen molar-refractivity contribution in [1.82, 2.24) is 0 Å². The molecule has 1 aromatic carbocycles. The maximum atomic E-state index is 9.78. The third kappa shape index (κ3) is 2.95. The summed E-state index contributed by atoms with van der Waals surface area (Å²) < 4.78 is 0. The molecule has 2 atom stereocenters. The van der Waals surface area contributed by atoms with Crippen LogP contribution in [-0.2, 0) is 0 Å². The van der Waals surface area contributed by atoms with Crippen molar-refractivity contribution < 1.29 is 15.3 Å². The van der Waals surface area contributed by atoms with E-state index >= 15 is 0 Å². The average molecular weight is 223 g/mol. The Bertz CT molecular complexity index is 391. The van der Waals surface area contributed by atoms with Gasteiger partial charge >= 0.3 is 0 Å². The van der Waals surface area contributed by atoms with Crippen molar-refractivity contribution in [3.63, 3.8) is 0 Å². The van der Waals surface area contributed by atoms with Crippen LogP contribution in [0.1, 0.15) is 18.1 Å². The quantitative estimate of drug-likeness (QED) is 0.398. The van der Waals surface area contributed by atoms with Gasteiger partial charge in [-0.1, -0.05) is 29.4 Å². The lowest BCUT2D eigenvalue weighted by molar-refractivity contribution is 0.00452. The van der Waals surface area contributed by atoms with Gasteiger partial charge in [-0.3, -0.25) is 0 Å². The van der Waals surface area contributed by atoms with E-state index in [0.717, 1.165) is 0 Å². The van der Waals surface area contributed by atoms with Gasteiger partial charge in [0, 0.05) is 17.2 Å². The molecule has 0 saturated heterocycles. The molecular formula is C10H13N3O3. The van der Waals surface area contributed by atoms with Crippen LogP contribution in [0.2, 0.25) is 0 Å². The summed E-state index contributed by atoms with van der Waals surface area (Å²) in [4.78, 5) is 2.64. The SMILES string of the molecule is [N-]=[N+]=Nc1ccccc1C(O)C(O)CCO. The summed E-state index contributed by atoms with van der Waals surface area (Å²) in [7, 11) is 0. The third-order valence-electron chi connectivity index (χ3n) is 2.20. The van der Waals surface area contributed by atoms with Gasteiger partial charge in [-0.25, -0.2) is 0 Å². The van der Waals surface area contributed by atoms with Crippen LogP contribution in [0.3, 0.4) is 0 Å². The Morgan fingerprint density at radius 1 is 1.31 bits per heavy atom. The highest BCUT2D eigenvalue weighted by Crippen LogP contribution is 2.28. The molecule has 0 aliphatic heterocycles. The van der Waals surface area contributed by atoms with E-state index in [1.807, 2.05) is 0 Å². The highest BCUT2D eigenvalue weighted by atomic mass is 16.3. The van der Waals surface area contributed by atoms with Crippen LogP contribution in [0.15, 0.2) is 29.4 Å². The van der Waals surface area contributed by atoms with Gasteiger partial charge in [0.1, 0.15) is 6.10 Å². The van der Waals surface area contributed by atoms with Crippen molar-refractivity contribution in [2.45, 2.75) is 18.6 Å². The summed E-state index contributed by atoms with van der Waals surface area (Å²) in [6.07, 6.45) is -2.19. The van der Waals surface area contributed by atoms with Gasteiger partial charge in [-0.2, -0.15) is 0 Å². The van der Waals surface area contributed by atoms with Crippen LogP contribution < -0.4 is 0 Å². The Labute approximate surface area is 92.4 Å². The lowest BCUT2D eigenvalue weighted by atomic mass is 10.0. The first-order chi connectivity index (χ1) is 7.70. The fourth-order valence-electron chi connectivity index (χ4n) is 1.37. The highest BCUT2D eigenvalue weighted by molar-refractivity contribution is 5.47.